The number of hydrogen-bond acceptors (Lipinski definition) is 3. The van der Waals surface area contributed by atoms with Crippen molar-refractivity contribution >= 4 is 5.97 Å². The summed E-state index contributed by atoms with van der Waals surface area (Å²) < 4.78 is 10.1. The van der Waals surface area contributed by atoms with Crippen LogP contribution in [0.4, 0.5) is 0 Å². The largest absolute Gasteiger partial charge is 0.467 e. The van der Waals surface area contributed by atoms with Gasteiger partial charge in [-0.2, -0.15) is 0 Å². The van der Waals surface area contributed by atoms with Crippen molar-refractivity contribution in [2.75, 3.05) is 13.7 Å². The Morgan fingerprint density at radius 2 is 2.55 bits per heavy atom. The van der Waals surface area contributed by atoms with E-state index in [0.717, 1.165) is 19.3 Å². The molecule has 1 heterocycles. The minimum atomic E-state index is -0.507. The maximum absolute atomic E-state index is 11.2. The second-order valence-corrected chi connectivity index (χ2v) is 3.27. The lowest BCUT2D eigenvalue weighted by Crippen LogP contribution is -2.33. The summed E-state index contributed by atoms with van der Waals surface area (Å²) in [5, 5.41) is 0. The highest BCUT2D eigenvalue weighted by Gasteiger charge is 2.63. The molecule has 62 valence electrons. The van der Waals surface area contributed by atoms with Crippen LogP contribution in [0.1, 0.15) is 19.3 Å². The Labute approximate surface area is 65.7 Å². The van der Waals surface area contributed by atoms with E-state index in [9.17, 15) is 4.79 Å². The molecule has 0 aromatic heterocycles. The van der Waals surface area contributed by atoms with Crippen LogP contribution in [-0.2, 0) is 14.3 Å². The van der Waals surface area contributed by atoms with Crippen molar-refractivity contribution in [2.24, 2.45) is 5.92 Å². The average Bonchev–Trinajstić information content (AvgIpc) is 2.78. The normalized spacial score (nSPS) is 41.0. The number of hydrogen-bond donors (Lipinski definition) is 0. The third-order valence-electron chi connectivity index (χ3n) is 2.64. The van der Waals surface area contributed by atoms with E-state index >= 15 is 0 Å². The molecule has 0 bridgehead atoms. The smallest absolute Gasteiger partial charge is 0.338 e. The number of rotatable bonds is 1. The maximum atomic E-state index is 11.2. The molecule has 0 aromatic rings. The predicted octanol–water partition coefficient (Wildman–Crippen LogP) is 0.728. The van der Waals surface area contributed by atoms with Crippen molar-refractivity contribution in [1.82, 2.24) is 0 Å². The Hall–Kier alpha value is -0.570. The molecular formula is C8H12O3. The van der Waals surface area contributed by atoms with Gasteiger partial charge in [0.2, 0.25) is 0 Å². The molecule has 1 aliphatic carbocycles. The fourth-order valence-electron chi connectivity index (χ4n) is 1.88. The average molecular weight is 156 g/mol. The first-order chi connectivity index (χ1) is 5.29. The lowest BCUT2D eigenvalue weighted by Gasteiger charge is -2.19. The molecule has 0 radical (unpaired) electrons. The molecule has 2 aliphatic rings. The molecule has 0 spiro atoms. The number of esters is 1. The second kappa shape index (κ2) is 2.21. The number of ether oxygens (including phenoxy) is 2. The standard InChI is InChI=1S/C8H12O3/c1-10-7(9)8-5-6(8)3-2-4-11-8/h6H,2-5H2,1H3. The first kappa shape index (κ1) is 7.10. The van der Waals surface area contributed by atoms with Gasteiger partial charge in [-0.25, -0.2) is 4.79 Å². The highest BCUT2D eigenvalue weighted by molar-refractivity contribution is 5.83. The zero-order valence-corrected chi connectivity index (χ0v) is 6.63. The minimum absolute atomic E-state index is 0.179. The summed E-state index contributed by atoms with van der Waals surface area (Å²) in [5.74, 6) is 0.269. The van der Waals surface area contributed by atoms with Crippen LogP contribution < -0.4 is 0 Å². The van der Waals surface area contributed by atoms with E-state index in [-0.39, 0.29) is 5.97 Å². The highest BCUT2D eigenvalue weighted by Crippen LogP contribution is 2.53. The molecule has 1 saturated heterocycles. The topological polar surface area (TPSA) is 35.5 Å². The summed E-state index contributed by atoms with van der Waals surface area (Å²) in [4.78, 5) is 11.2. The molecule has 3 heteroatoms. The van der Waals surface area contributed by atoms with Crippen LogP contribution in [0, 0.1) is 5.92 Å². The van der Waals surface area contributed by atoms with Crippen LogP contribution in [0.3, 0.4) is 0 Å². The Morgan fingerprint density at radius 3 is 3.18 bits per heavy atom. The highest BCUT2D eigenvalue weighted by atomic mass is 16.6. The van der Waals surface area contributed by atoms with E-state index in [1.807, 2.05) is 0 Å². The third kappa shape index (κ3) is 0.872. The number of methoxy groups -OCH3 is 1. The Kier molecular flexibility index (Phi) is 1.42. The molecule has 1 aliphatic heterocycles. The quantitative estimate of drug-likeness (QED) is 0.525. The van der Waals surface area contributed by atoms with Crippen molar-refractivity contribution in [3.63, 3.8) is 0 Å². The summed E-state index contributed by atoms with van der Waals surface area (Å²) in [6.07, 6.45) is 3.08. The monoisotopic (exact) mass is 156 g/mol. The third-order valence-corrected chi connectivity index (χ3v) is 2.64. The van der Waals surface area contributed by atoms with Gasteiger partial charge in [0.25, 0.3) is 0 Å². The first-order valence-electron chi connectivity index (χ1n) is 4.02. The minimum Gasteiger partial charge on any atom is -0.467 e. The fourth-order valence-corrected chi connectivity index (χ4v) is 1.88. The van der Waals surface area contributed by atoms with Crippen LogP contribution in [0.25, 0.3) is 0 Å². The van der Waals surface area contributed by atoms with Crippen molar-refractivity contribution in [3.8, 4) is 0 Å². The number of carbonyl (C=O) groups is 1. The summed E-state index contributed by atoms with van der Waals surface area (Å²) in [6, 6.07) is 0. The molecule has 0 aromatic carbocycles. The van der Waals surface area contributed by atoms with Gasteiger partial charge < -0.3 is 9.47 Å². The van der Waals surface area contributed by atoms with Gasteiger partial charge in [0.05, 0.1) is 7.11 Å². The fraction of sp³-hybridized carbons (Fsp3) is 0.875. The van der Waals surface area contributed by atoms with Crippen LogP contribution in [0.2, 0.25) is 0 Å². The zero-order valence-electron chi connectivity index (χ0n) is 6.63. The van der Waals surface area contributed by atoms with Crippen LogP contribution in [0.5, 0.6) is 0 Å². The van der Waals surface area contributed by atoms with Gasteiger partial charge in [0, 0.05) is 12.5 Å². The molecule has 3 nitrogen and oxygen atoms in total. The summed E-state index contributed by atoms with van der Waals surface area (Å²) >= 11 is 0. The SMILES string of the molecule is COC(=O)C12CC1CCCO2. The van der Waals surface area contributed by atoms with E-state index < -0.39 is 5.60 Å². The molecular weight excluding hydrogens is 144 g/mol. The Balaban J connectivity index is 2.07. The zero-order chi connectivity index (χ0) is 7.90. The number of carbonyl (C=O) groups excluding carboxylic acids is 1. The molecule has 0 N–H and O–H groups in total. The van der Waals surface area contributed by atoms with E-state index in [1.165, 1.54) is 7.11 Å². The van der Waals surface area contributed by atoms with E-state index in [2.05, 4.69) is 4.74 Å². The van der Waals surface area contributed by atoms with Gasteiger partial charge in [0.15, 0.2) is 5.60 Å². The van der Waals surface area contributed by atoms with Gasteiger partial charge >= 0.3 is 5.97 Å². The molecule has 2 atom stereocenters. The maximum Gasteiger partial charge on any atom is 0.338 e. The molecule has 11 heavy (non-hydrogen) atoms. The Bertz CT molecular complexity index is 190. The molecule has 2 rings (SSSR count). The predicted molar refractivity (Wildman–Crippen MR) is 38.0 cm³/mol. The second-order valence-electron chi connectivity index (χ2n) is 3.27. The molecule has 0 amide bonds. The van der Waals surface area contributed by atoms with Crippen molar-refractivity contribution in [1.29, 1.82) is 0 Å². The first-order valence-corrected chi connectivity index (χ1v) is 4.02. The van der Waals surface area contributed by atoms with E-state index in [0.29, 0.717) is 12.5 Å². The van der Waals surface area contributed by atoms with Crippen LogP contribution in [0.15, 0.2) is 0 Å². The summed E-state index contributed by atoms with van der Waals surface area (Å²) in [7, 11) is 1.42. The van der Waals surface area contributed by atoms with Gasteiger partial charge in [-0.15, -0.1) is 0 Å². The van der Waals surface area contributed by atoms with E-state index in [1.54, 1.807) is 0 Å². The van der Waals surface area contributed by atoms with Gasteiger partial charge in [-0.3, -0.25) is 0 Å². The molecule has 1 saturated carbocycles. The lowest BCUT2D eigenvalue weighted by atomic mass is 10.1. The molecule has 2 unspecified atom stereocenters. The summed E-state index contributed by atoms with van der Waals surface area (Å²) in [6.45, 7) is 0.714. The van der Waals surface area contributed by atoms with Crippen molar-refractivity contribution < 1.29 is 14.3 Å². The lowest BCUT2D eigenvalue weighted by molar-refractivity contribution is -0.161. The van der Waals surface area contributed by atoms with Crippen LogP contribution in [-0.4, -0.2) is 25.3 Å². The van der Waals surface area contributed by atoms with E-state index in [4.69, 9.17) is 4.74 Å². The van der Waals surface area contributed by atoms with Gasteiger partial charge in [-0.1, -0.05) is 0 Å². The van der Waals surface area contributed by atoms with Gasteiger partial charge in [-0.05, 0) is 19.3 Å². The Morgan fingerprint density at radius 1 is 1.73 bits per heavy atom. The molecule has 2 fully saturated rings. The van der Waals surface area contributed by atoms with Crippen LogP contribution >= 0.6 is 0 Å². The van der Waals surface area contributed by atoms with Gasteiger partial charge in [0.1, 0.15) is 0 Å². The summed E-state index contributed by atoms with van der Waals surface area (Å²) in [5.41, 5.74) is -0.507. The van der Waals surface area contributed by atoms with Crippen molar-refractivity contribution in [3.05, 3.63) is 0 Å². The van der Waals surface area contributed by atoms with Crippen molar-refractivity contribution in [2.45, 2.75) is 24.9 Å². The number of fused-ring (bicyclic) bond motifs is 1.